The van der Waals surface area contributed by atoms with Crippen LogP contribution in [0, 0.1) is 6.92 Å². The fourth-order valence-electron chi connectivity index (χ4n) is 4.13. The molecule has 1 aliphatic heterocycles. The standard InChI is InChI=1S/C27H19N3O4S/c1-16-26(29-27(35-16)19-7-4-5-11-28-19)18-9-10-23-20(12-18)30(25(32)15-33-23)14-21(31)24-13-17-6-2-3-8-22(17)34-24/h2-13H,14-15H2,1H3. The van der Waals surface area contributed by atoms with Crippen molar-refractivity contribution in [2.75, 3.05) is 18.1 Å². The molecule has 4 heterocycles. The number of fused-ring (bicyclic) bond motifs is 2. The van der Waals surface area contributed by atoms with Crippen molar-refractivity contribution < 1.29 is 18.7 Å². The summed E-state index contributed by atoms with van der Waals surface area (Å²) in [5.41, 5.74) is 3.62. The molecule has 1 amide bonds. The van der Waals surface area contributed by atoms with Gasteiger partial charge in [0.25, 0.3) is 5.91 Å². The zero-order valence-corrected chi connectivity index (χ0v) is 19.5. The third-order valence-electron chi connectivity index (χ3n) is 5.86. The zero-order valence-electron chi connectivity index (χ0n) is 18.7. The van der Waals surface area contributed by atoms with Crippen LogP contribution in [-0.4, -0.2) is 34.8 Å². The number of carbonyl (C=O) groups excluding carboxylic acids is 2. The molecule has 8 heteroatoms. The van der Waals surface area contributed by atoms with Crippen LogP contribution >= 0.6 is 11.3 Å². The van der Waals surface area contributed by atoms with Gasteiger partial charge in [-0.05, 0) is 49.4 Å². The first-order chi connectivity index (χ1) is 17.1. The monoisotopic (exact) mass is 481 g/mol. The number of benzene rings is 2. The number of aromatic nitrogens is 2. The van der Waals surface area contributed by atoms with Gasteiger partial charge >= 0.3 is 0 Å². The molecule has 0 N–H and O–H groups in total. The molecule has 0 fully saturated rings. The number of para-hydroxylation sites is 1. The number of Topliss-reactive ketones (excluding diaryl/α,β-unsaturated/α-hetero) is 1. The van der Waals surface area contributed by atoms with Gasteiger partial charge in [-0.2, -0.15) is 0 Å². The Morgan fingerprint density at radius 1 is 1.09 bits per heavy atom. The zero-order chi connectivity index (χ0) is 23.9. The van der Waals surface area contributed by atoms with Crippen molar-refractivity contribution in [1.29, 1.82) is 0 Å². The van der Waals surface area contributed by atoms with E-state index in [0.29, 0.717) is 17.0 Å². The number of amides is 1. The summed E-state index contributed by atoms with van der Waals surface area (Å²) in [6, 6.07) is 20.4. The third kappa shape index (κ3) is 3.87. The summed E-state index contributed by atoms with van der Waals surface area (Å²) in [6.07, 6.45) is 1.74. The SMILES string of the molecule is Cc1sc(-c2ccccn2)nc1-c1ccc2c(c1)N(CC(=O)c1cc3ccccc3o1)C(=O)CO2. The van der Waals surface area contributed by atoms with Crippen molar-refractivity contribution in [3.63, 3.8) is 0 Å². The van der Waals surface area contributed by atoms with Crippen molar-refractivity contribution in [3.05, 3.63) is 83.6 Å². The lowest BCUT2D eigenvalue weighted by Gasteiger charge is -2.29. The minimum atomic E-state index is -0.289. The van der Waals surface area contributed by atoms with Gasteiger partial charge in [-0.25, -0.2) is 4.98 Å². The molecule has 1 aliphatic rings. The molecule has 0 atom stereocenters. The molecule has 0 spiro atoms. The van der Waals surface area contributed by atoms with E-state index in [1.165, 1.54) is 4.90 Å². The summed E-state index contributed by atoms with van der Waals surface area (Å²) in [4.78, 5) is 37.5. The second kappa shape index (κ2) is 8.48. The van der Waals surface area contributed by atoms with Crippen LogP contribution in [0.1, 0.15) is 15.4 Å². The predicted octanol–water partition coefficient (Wildman–Crippen LogP) is 5.54. The summed E-state index contributed by atoms with van der Waals surface area (Å²) in [6.45, 7) is 1.73. The molecule has 2 aromatic carbocycles. The first kappa shape index (κ1) is 21.2. The highest BCUT2D eigenvalue weighted by Gasteiger charge is 2.29. The van der Waals surface area contributed by atoms with Crippen LogP contribution in [0.2, 0.25) is 0 Å². The van der Waals surface area contributed by atoms with E-state index in [-0.39, 0.29) is 30.6 Å². The Hall–Kier alpha value is -4.30. The van der Waals surface area contributed by atoms with Crippen LogP contribution in [0.25, 0.3) is 32.9 Å². The summed E-state index contributed by atoms with van der Waals surface area (Å²) in [5.74, 6) is 0.195. The maximum absolute atomic E-state index is 13.1. The van der Waals surface area contributed by atoms with E-state index in [1.54, 1.807) is 23.6 Å². The highest BCUT2D eigenvalue weighted by molar-refractivity contribution is 7.15. The highest BCUT2D eigenvalue weighted by atomic mass is 32.1. The lowest BCUT2D eigenvalue weighted by molar-refractivity contribution is -0.121. The summed E-state index contributed by atoms with van der Waals surface area (Å²) in [5, 5.41) is 1.66. The smallest absolute Gasteiger partial charge is 0.265 e. The first-order valence-electron chi connectivity index (χ1n) is 11.0. The molecular weight excluding hydrogens is 462 g/mol. The molecule has 6 rings (SSSR count). The Labute approximate surface area is 204 Å². The van der Waals surface area contributed by atoms with Gasteiger partial charge in [0, 0.05) is 22.0 Å². The van der Waals surface area contributed by atoms with E-state index in [4.69, 9.17) is 14.1 Å². The molecule has 0 unspecified atom stereocenters. The Morgan fingerprint density at radius 2 is 1.94 bits per heavy atom. The molecule has 0 aliphatic carbocycles. The maximum atomic E-state index is 13.1. The Morgan fingerprint density at radius 3 is 2.77 bits per heavy atom. The van der Waals surface area contributed by atoms with Crippen molar-refractivity contribution >= 4 is 39.7 Å². The highest BCUT2D eigenvalue weighted by Crippen LogP contribution is 2.39. The molecule has 0 saturated heterocycles. The second-order valence-electron chi connectivity index (χ2n) is 8.16. The topological polar surface area (TPSA) is 85.5 Å². The van der Waals surface area contributed by atoms with Gasteiger partial charge < -0.3 is 9.15 Å². The Bertz CT molecular complexity index is 1560. The van der Waals surface area contributed by atoms with Crippen LogP contribution in [0.15, 0.2) is 77.3 Å². The van der Waals surface area contributed by atoms with Crippen molar-refractivity contribution in [2.45, 2.75) is 6.92 Å². The molecule has 0 bridgehead atoms. The number of pyridine rings is 1. The van der Waals surface area contributed by atoms with Crippen LogP contribution in [0.4, 0.5) is 5.69 Å². The molecule has 172 valence electrons. The van der Waals surface area contributed by atoms with Gasteiger partial charge in [-0.15, -0.1) is 11.3 Å². The van der Waals surface area contributed by atoms with Crippen LogP contribution < -0.4 is 9.64 Å². The van der Waals surface area contributed by atoms with E-state index in [1.807, 2.05) is 67.6 Å². The Kier molecular flexibility index (Phi) is 5.15. The molecule has 0 radical (unpaired) electrons. The lowest BCUT2D eigenvalue weighted by atomic mass is 10.1. The molecule has 3 aromatic heterocycles. The molecular formula is C27H19N3O4S. The van der Waals surface area contributed by atoms with Crippen LogP contribution in [0.3, 0.4) is 0 Å². The number of anilines is 1. The fourth-order valence-corrected chi connectivity index (χ4v) is 5.04. The minimum Gasteiger partial charge on any atom is -0.482 e. The number of nitrogens with zero attached hydrogens (tertiary/aromatic N) is 3. The second-order valence-corrected chi connectivity index (χ2v) is 9.36. The number of hydrogen-bond donors (Lipinski definition) is 0. The minimum absolute atomic E-state index is 0.126. The van der Waals surface area contributed by atoms with Gasteiger partial charge in [0.15, 0.2) is 12.4 Å². The summed E-state index contributed by atoms with van der Waals surface area (Å²) >= 11 is 1.56. The average Bonchev–Trinajstić information content (AvgIpc) is 3.50. The van der Waals surface area contributed by atoms with E-state index in [0.717, 1.165) is 32.2 Å². The lowest BCUT2D eigenvalue weighted by Crippen LogP contribution is -2.42. The number of rotatable bonds is 5. The van der Waals surface area contributed by atoms with Gasteiger partial charge in [-0.1, -0.05) is 24.3 Å². The normalized spacial score (nSPS) is 13.1. The molecule has 0 saturated carbocycles. The van der Waals surface area contributed by atoms with E-state index in [9.17, 15) is 9.59 Å². The number of furan rings is 1. The Balaban J connectivity index is 1.34. The third-order valence-corrected chi connectivity index (χ3v) is 6.85. The number of aryl methyl sites for hydroxylation is 1. The predicted molar refractivity (Wildman–Crippen MR) is 134 cm³/mol. The maximum Gasteiger partial charge on any atom is 0.265 e. The number of ketones is 1. The summed E-state index contributed by atoms with van der Waals surface area (Å²) in [7, 11) is 0. The van der Waals surface area contributed by atoms with Crippen molar-refractivity contribution in [3.8, 4) is 27.7 Å². The largest absolute Gasteiger partial charge is 0.482 e. The molecule has 35 heavy (non-hydrogen) atoms. The van der Waals surface area contributed by atoms with Crippen molar-refractivity contribution in [2.24, 2.45) is 0 Å². The number of hydrogen-bond acceptors (Lipinski definition) is 7. The van der Waals surface area contributed by atoms with Gasteiger partial charge in [0.1, 0.15) is 16.3 Å². The van der Waals surface area contributed by atoms with E-state index >= 15 is 0 Å². The van der Waals surface area contributed by atoms with E-state index < -0.39 is 0 Å². The number of ether oxygens (including phenoxy) is 1. The number of carbonyl (C=O) groups is 2. The van der Waals surface area contributed by atoms with Gasteiger partial charge in [0.05, 0.1) is 23.6 Å². The van der Waals surface area contributed by atoms with Gasteiger partial charge in [-0.3, -0.25) is 19.5 Å². The van der Waals surface area contributed by atoms with Gasteiger partial charge in [0.2, 0.25) is 5.78 Å². The quantitative estimate of drug-likeness (QED) is 0.307. The first-order valence-corrected chi connectivity index (χ1v) is 11.9. The van der Waals surface area contributed by atoms with E-state index in [2.05, 4.69) is 4.98 Å². The number of thiazole rings is 1. The summed E-state index contributed by atoms with van der Waals surface area (Å²) < 4.78 is 11.4. The van der Waals surface area contributed by atoms with Crippen LogP contribution in [-0.2, 0) is 4.79 Å². The fraction of sp³-hybridized carbons (Fsp3) is 0.111. The average molecular weight is 482 g/mol. The van der Waals surface area contributed by atoms with Crippen molar-refractivity contribution in [1.82, 2.24) is 9.97 Å². The molecule has 5 aromatic rings. The molecule has 7 nitrogen and oxygen atoms in total. The van der Waals surface area contributed by atoms with Crippen LogP contribution in [0.5, 0.6) is 5.75 Å².